The standard InChI is InChI=1S/C19H21NO7S/c1-20(28(4,23)24)14-7-5-13(6-8-14)17(21)12-27-19(22)16-11-15(25-2)9-10-18(16)26-3/h5-11H,12H2,1-4H3. The zero-order chi connectivity index (χ0) is 20.9. The van der Waals surface area contributed by atoms with Gasteiger partial charge in [0.15, 0.2) is 12.4 Å². The van der Waals surface area contributed by atoms with Gasteiger partial charge in [0.1, 0.15) is 17.1 Å². The van der Waals surface area contributed by atoms with Gasteiger partial charge in [-0.15, -0.1) is 0 Å². The van der Waals surface area contributed by atoms with E-state index in [1.807, 2.05) is 0 Å². The van der Waals surface area contributed by atoms with Gasteiger partial charge in [-0.2, -0.15) is 0 Å². The minimum absolute atomic E-state index is 0.139. The van der Waals surface area contributed by atoms with Crippen molar-refractivity contribution < 1.29 is 32.2 Å². The fourth-order valence-electron chi connectivity index (χ4n) is 2.31. The van der Waals surface area contributed by atoms with Crippen molar-refractivity contribution in [2.45, 2.75) is 0 Å². The van der Waals surface area contributed by atoms with Gasteiger partial charge < -0.3 is 14.2 Å². The number of ketones is 1. The second-order valence-electron chi connectivity index (χ2n) is 5.84. The van der Waals surface area contributed by atoms with Crippen molar-refractivity contribution in [2.75, 3.05) is 38.4 Å². The van der Waals surface area contributed by atoms with E-state index in [2.05, 4.69) is 0 Å². The van der Waals surface area contributed by atoms with Crippen LogP contribution in [0.1, 0.15) is 20.7 Å². The predicted molar refractivity (Wildman–Crippen MR) is 104 cm³/mol. The highest BCUT2D eigenvalue weighted by atomic mass is 32.2. The molecular formula is C19H21NO7S. The maximum Gasteiger partial charge on any atom is 0.342 e. The lowest BCUT2D eigenvalue weighted by Gasteiger charge is -2.16. The first kappa shape index (κ1) is 21.2. The van der Waals surface area contributed by atoms with Gasteiger partial charge in [-0.05, 0) is 42.5 Å². The molecule has 0 amide bonds. The number of carbonyl (C=O) groups excluding carboxylic acids is 2. The summed E-state index contributed by atoms with van der Waals surface area (Å²) in [4.78, 5) is 24.6. The molecule has 0 aliphatic carbocycles. The molecule has 0 atom stereocenters. The molecule has 28 heavy (non-hydrogen) atoms. The summed E-state index contributed by atoms with van der Waals surface area (Å²) in [6.07, 6.45) is 1.08. The maximum atomic E-state index is 12.3. The summed E-state index contributed by atoms with van der Waals surface area (Å²) < 4.78 is 39.5. The highest BCUT2D eigenvalue weighted by Gasteiger charge is 2.18. The van der Waals surface area contributed by atoms with Crippen LogP contribution < -0.4 is 13.8 Å². The largest absolute Gasteiger partial charge is 0.497 e. The molecule has 0 aliphatic heterocycles. The number of rotatable bonds is 8. The minimum Gasteiger partial charge on any atom is -0.497 e. The zero-order valence-corrected chi connectivity index (χ0v) is 16.8. The minimum atomic E-state index is -3.40. The van der Waals surface area contributed by atoms with E-state index in [9.17, 15) is 18.0 Å². The molecule has 0 fully saturated rings. The van der Waals surface area contributed by atoms with Gasteiger partial charge in [-0.25, -0.2) is 13.2 Å². The molecule has 0 aromatic heterocycles. The molecule has 0 saturated carbocycles. The summed E-state index contributed by atoms with van der Waals surface area (Å²) >= 11 is 0. The van der Waals surface area contributed by atoms with E-state index in [0.717, 1.165) is 10.6 Å². The Balaban J connectivity index is 2.07. The lowest BCUT2D eigenvalue weighted by atomic mass is 10.1. The smallest absolute Gasteiger partial charge is 0.342 e. The van der Waals surface area contributed by atoms with Crippen LogP contribution in [0.4, 0.5) is 5.69 Å². The van der Waals surface area contributed by atoms with E-state index >= 15 is 0 Å². The molecule has 8 nitrogen and oxygen atoms in total. The van der Waals surface area contributed by atoms with Crippen molar-refractivity contribution in [3.8, 4) is 11.5 Å². The molecule has 9 heteroatoms. The van der Waals surface area contributed by atoms with E-state index in [0.29, 0.717) is 17.2 Å². The van der Waals surface area contributed by atoms with E-state index in [1.165, 1.54) is 51.6 Å². The number of benzene rings is 2. The lowest BCUT2D eigenvalue weighted by Crippen LogP contribution is -2.24. The topological polar surface area (TPSA) is 99.2 Å². The third kappa shape index (κ3) is 5.01. The molecule has 0 aliphatic rings. The average Bonchev–Trinajstić information content (AvgIpc) is 2.70. The van der Waals surface area contributed by atoms with Crippen molar-refractivity contribution in [3.05, 3.63) is 53.6 Å². The molecule has 2 aromatic carbocycles. The third-order valence-electron chi connectivity index (χ3n) is 4.01. The van der Waals surface area contributed by atoms with Gasteiger partial charge in [0.05, 0.1) is 26.2 Å². The van der Waals surface area contributed by atoms with Crippen molar-refractivity contribution in [1.29, 1.82) is 0 Å². The molecule has 150 valence electrons. The molecular weight excluding hydrogens is 386 g/mol. The molecule has 2 aromatic rings. The lowest BCUT2D eigenvalue weighted by molar-refractivity contribution is 0.0471. The highest BCUT2D eigenvalue weighted by Crippen LogP contribution is 2.24. The SMILES string of the molecule is COc1ccc(OC)c(C(=O)OCC(=O)c2ccc(N(C)S(C)(=O)=O)cc2)c1. The van der Waals surface area contributed by atoms with E-state index in [-0.39, 0.29) is 11.1 Å². The number of Topliss-reactive ketones (excluding diaryl/α,β-unsaturated/α-hetero) is 1. The first-order chi connectivity index (χ1) is 13.2. The molecule has 0 spiro atoms. The van der Waals surface area contributed by atoms with Crippen LogP contribution >= 0.6 is 0 Å². The second-order valence-corrected chi connectivity index (χ2v) is 7.86. The van der Waals surface area contributed by atoms with Crippen molar-refractivity contribution >= 4 is 27.5 Å². The monoisotopic (exact) mass is 407 g/mol. The predicted octanol–water partition coefficient (Wildman–Crippen LogP) is 2.14. The fraction of sp³-hybridized carbons (Fsp3) is 0.263. The molecule has 0 N–H and O–H groups in total. The fourth-order valence-corrected chi connectivity index (χ4v) is 2.82. The summed E-state index contributed by atoms with van der Waals surface area (Å²) in [6.45, 7) is -0.472. The van der Waals surface area contributed by atoms with E-state index in [4.69, 9.17) is 14.2 Å². The second kappa shape index (κ2) is 8.75. The average molecular weight is 407 g/mol. The number of esters is 1. The number of carbonyl (C=O) groups is 2. The maximum absolute atomic E-state index is 12.3. The van der Waals surface area contributed by atoms with E-state index in [1.54, 1.807) is 12.1 Å². The Morgan fingerprint density at radius 3 is 2.18 bits per heavy atom. The first-order valence-electron chi connectivity index (χ1n) is 8.13. The van der Waals surface area contributed by atoms with E-state index < -0.39 is 28.4 Å². The number of ether oxygens (including phenoxy) is 3. The molecule has 0 radical (unpaired) electrons. The number of methoxy groups -OCH3 is 2. The Morgan fingerprint density at radius 1 is 1.00 bits per heavy atom. The first-order valence-corrected chi connectivity index (χ1v) is 9.98. The Morgan fingerprint density at radius 2 is 1.64 bits per heavy atom. The molecule has 0 heterocycles. The van der Waals surface area contributed by atoms with Gasteiger partial charge in [-0.3, -0.25) is 9.10 Å². The number of hydrogen-bond acceptors (Lipinski definition) is 7. The molecule has 0 unspecified atom stereocenters. The van der Waals surface area contributed by atoms with Crippen LogP contribution in [0.3, 0.4) is 0 Å². The zero-order valence-electron chi connectivity index (χ0n) is 16.0. The highest BCUT2D eigenvalue weighted by molar-refractivity contribution is 7.92. The van der Waals surface area contributed by atoms with Gasteiger partial charge in [0.25, 0.3) is 0 Å². The third-order valence-corrected chi connectivity index (χ3v) is 5.22. The Bertz CT molecular complexity index is 968. The Kier molecular flexibility index (Phi) is 6.63. The van der Waals surface area contributed by atoms with Crippen LogP contribution in [0, 0.1) is 0 Å². The molecule has 2 rings (SSSR count). The van der Waals surface area contributed by atoms with Crippen LogP contribution in [0.25, 0.3) is 0 Å². The van der Waals surface area contributed by atoms with Crippen LogP contribution in [0.15, 0.2) is 42.5 Å². The van der Waals surface area contributed by atoms with Crippen LogP contribution in [-0.2, 0) is 14.8 Å². The van der Waals surface area contributed by atoms with Gasteiger partial charge >= 0.3 is 5.97 Å². The normalized spacial score (nSPS) is 10.9. The van der Waals surface area contributed by atoms with Crippen LogP contribution in [0.5, 0.6) is 11.5 Å². The quantitative estimate of drug-likeness (QED) is 0.488. The van der Waals surface area contributed by atoms with Crippen molar-refractivity contribution in [2.24, 2.45) is 0 Å². The van der Waals surface area contributed by atoms with Gasteiger partial charge in [0, 0.05) is 12.6 Å². The molecule has 0 bridgehead atoms. The number of nitrogens with zero attached hydrogens (tertiary/aromatic N) is 1. The number of anilines is 1. The molecule has 0 saturated heterocycles. The van der Waals surface area contributed by atoms with Gasteiger partial charge in [-0.1, -0.05) is 0 Å². The number of sulfonamides is 1. The van der Waals surface area contributed by atoms with Crippen LogP contribution in [0.2, 0.25) is 0 Å². The summed E-state index contributed by atoms with van der Waals surface area (Å²) in [7, 11) is 0.895. The summed E-state index contributed by atoms with van der Waals surface area (Å²) in [5, 5.41) is 0. The summed E-state index contributed by atoms with van der Waals surface area (Å²) in [5.41, 5.74) is 0.841. The van der Waals surface area contributed by atoms with Crippen molar-refractivity contribution in [1.82, 2.24) is 0 Å². The van der Waals surface area contributed by atoms with Crippen LogP contribution in [-0.4, -0.2) is 54.3 Å². The number of hydrogen-bond donors (Lipinski definition) is 0. The Hall–Kier alpha value is -3.07. The van der Waals surface area contributed by atoms with Gasteiger partial charge in [0.2, 0.25) is 10.0 Å². The summed E-state index contributed by atoms with van der Waals surface area (Å²) in [6, 6.07) is 10.6. The van der Waals surface area contributed by atoms with Crippen molar-refractivity contribution in [3.63, 3.8) is 0 Å². The summed E-state index contributed by atoms with van der Waals surface area (Å²) in [5.74, 6) is -0.405. The Labute approximate surface area is 163 Å².